The van der Waals surface area contributed by atoms with Gasteiger partial charge < -0.3 is 0 Å². The summed E-state index contributed by atoms with van der Waals surface area (Å²) in [5.74, 6) is -1.25. The molecule has 0 aliphatic carbocycles. The molecular weight excluding hydrogens is 284 g/mol. The lowest BCUT2D eigenvalue weighted by Crippen LogP contribution is -2.33. The molecule has 1 N–H and O–H groups in total. The van der Waals surface area contributed by atoms with Gasteiger partial charge in [0.15, 0.2) is 11.5 Å². The number of aromatic nitrogens is 2. The predicted octanol–water partition coefficient (Wildman–Crippen LogP) is 1.53. The number of hydrogen-bond acceptors (Lipinski definition) is 3. The fourth-order valence-electron chi connectivity index (χ4n) is 1.40. The zero-order chi connectivity index (χ0) is 16.2. The number of nitrogens with zero attached hydrogens (tertiary/aromatic N) is 3. The second kappa shape index (κ2) is 6.69. The lowest BCUT2D eigenvalue weighted by atomic mass is 10.3. The van der Waals surface area contributed by atoms with Crippen molar-refractivity contribution < 1.29 is 28.2 Å². The largest absolute Gasteiger partial charge is 0.317 e. The maximum Gasteiger partial charge on any atom is 0.317 e. The molecule has 0 atom stereocenters. The van der Waals surface area contributed by atoms with Gasteiger partial charge in [0.25, 0.3) is 12.0 Å². The van der Waals surface area contributed by atoms with Gasteiger partial charge in [0.05, 0.1) is 11.0 Å². The van der Waals surface area contributed by atoms with Gasteiger partial charge in [-0.3, -0.25) is 15.3 Å². The Morgan fingerprint density at radius 3 is 2.29 bits per heavy atom. The van der Waals surface area contributed by atoms with E-state index in [-0.39, 0.29) is 11.5 Å². The number of aryl methyl sites for hydroxylation is 3. The summed E-state index contributed by atoms with van der Waals surface area (Å²) in [7, 11) is 1.82. The Kier molecular flexibility index (Phi) is 5.23. The Morgan fingerprint density at radius 1 is 1.19 bits per heavy atom. The van der Waals surface area contributed by atoms with Crippen molar-refractivity contribution in [1.82, 2.24) is 0 Å². The van der Waals surface area contributed by atoms with E-state index < -0.39 is 16.4 Å². The molecule has 0 saturated carbocycles. The smallest absolute Gasteiger partial charge is 0.285 e. The highest BCUT2D eigenvalue weighted by atomic mass is 19.1. The first-order valence-corrected chi connectivity index (χ1v) is 5.89. The number of nitro groups is 1. The average Bonchev–Trinajstić information content (AvgIpc) is 2.39. The zero-order valence-electron chi connectivity index (χ0n) is 11.7. The molecule has 0 fully saturated rings. The van der Waals surface area contributed by atoms with Crippen LogP contribution in [0, 0.1) is 35.6 Å². The van der Waals surface area contributed by atoms with Crippen molar-refractivity contribution in [1.29, 1.82) is 0 Å². The summed E-state index contributed by atoms with van der Waals surface area (Å²) in [6.45, 7) is 3.35. The van der Waals surface area contributed by atoms with Gasteiger partial charge in [0, 0.05) is 24.6 Å². The molecule has 112 valence electrons. The van der Waals surface area contributed by atoms with E-state index in [4.69, 9.17) is 5.21 Å². The van der Waals surface area contributed by atoms with Crippen LogP contribution in [0.25, 0.3) is 0 Å². The topological polar surface area (TPSA) is 71.1 Å². The fraction of sp³-hybridized carbons (Fsp3) is 0.231. The van der Waals surface area contributed by atoms with Crippen LogP contribution in [0.3, 0.4) is 0 Å². The molecule has 0 amide bonds. The summed E-state index contributed by atoms with van der Waals surface area (Å²) in [6, 6.07) is 4.15. The van der Waals surface area contributed by atoms with Crippen molar-refractivity contribution in [3.63, 3.8) is 0 Å². The zero-order valence-corrected chi connectivity index (χ0v) is 11.7. The van der Waals surface area contributed by atoms with E-state index in [0.29, 0.717) is 10.9 Å². The predicted molar refractivity (Wildman–Crippen MR) is 67.5 cm³/mol. The van der Waals surface area contributed by atoms with E-state index in [0.717, 1.165) is 11.8 Å². The SMILES string of the molecule is Cc1cc([N+](=O)[O-])c(F)c[n+]1O.Cc1ccc(F)c[n+]1C. The molecule has 0 unspecified atom stereocenters. The second-order valence-corrected chi connectivity index (χ2v) is 4.35. The minimum atomic E-state index is -1.06. The Bertz CT molecular complexity index is 678. The average molecular weight is 299 g/mol. The van der Waals surface area contributed by atoms with Crippen molar-refractivity contribution in [3.8, 4) is 0 Å². The first-order chi connectivity index (χ1) is 9.72. The molecule has 0 spiro atoms. The van der Waals surface area contributed by atoms with Gasteiger partial charge in [0.2, 0.25) is 11.9 Å². The van der Waals surface area contributed by atoms with E-state index in [9.17, 15) is 18.9 Å². The van der Waals surface area contributed by atoms with Crippen molar-refractivity contribution in [2.75, 3.05) is 0 Å². The quantitative estimate of drug-likeness (QED) is 0.376. The molecule has 2 aromatic rings. The Hall–Kier alpha value is -2.64. The van der Waals surface area contributed by atoms with Gasteiger partial charge >= 0.3 is 5.69 Å². The molecule has 21 heavy (non-hydrogen) atoms. The van der Waals surface area contributed by atoms with Gasteiger partial charge in [0.1, 0.15) is 7.05 Å². The number of hydrogen-bond donors (Lipinski definition) is 1. The summed E-state index contributed by atoms with van der Waals surface area (Å²) >= 11 is 0. The summed E-state index contributed by atoms with van der Waals surface area (Å²) < 4.78 is 27.2. The molecular formula is C13H15F2N3O3+2. The third kappa shape index (κ3) is 4.44. The molecule has 0 bridgehead atoms. The normalized spacial score (nSPS) is 9.76. The van der Waals surface area contributed by atoms with Crippen molar-refractivity contribution in [2.45, 2.75) is 13.8 Å². The van der Waals surface area contributed by atoms with Crippen LogP contribution in [0.15, 0.2) is 30.6 Å². The minimum Gasteiger partial charge on any atom is -0.285 e. The summed E-state index contributed by atoms with van der Waals surface area (Å²) in [4.78, 5) is 9.32. The molecule has 0 aliphatic heterocycles. The minimum absolute atomic E-state index is 0.192. The van der Waals surface area contributed by atoms with Gasteiger partial charge in [-0.1, -0.05) is 0 Å². The molecule has 0 aliphatic rings. The van der Waals surface area contributed by atoms with Crippen LogP contribution in [-0.4, -0.2) is 10.1 Å². The van der Waals surface area contributed by atoms with E-state index >= 15 is 0 Å². The van der Waals surface area contributed by atoms with Crippen LogP contribution in [0.2, 0.25) is 0 Å². The van der Waals surface area contributed by atoms with Gasteiger partial charge in [-0.15, -0.1) is 0 Å². The fourth-order valence-corrected chi connectivity index (χ4v) is 1.40. The number of rotatable bonds is 1. The van der Waals surface area contributed by atoms with Gasteiger partial charge in [-0.05, 0) is 6.07 Å². The van der Waals surface area contributed by atoms with E-state index in [1.165, 1.54) is 19.2 Å². The summed E-state index contributed by atoms with van der Waals surface area (Å²) in [5, 5.41) is 19.0. The molecule has 8 heteroatoms. The van der Waals surface area contributed by atoms with Crippen LogP contribution in [-0.2, 0) is 7.05 Å². The molecule has 0 aromatic carbocycles. The molecule has 2 rings (SSSR count). The van der Waals surface area contributed by atoms with Crippen molar-refractivity contribution in [2.24, 2.45) is 7.05 Å². The van der Waals surface area contributed by atoms with Gasteiger partial charge in [-0.2, -0.15) is 4.39 Å². The van der Waals surface area contributed by atoms with E-state index in [2.05, 4.69) is 0 Å². The first-order valence-electron chi connectivity index (χ1n) is 5.89. The van der Waals surface area contributed by atoms with Crippen LogP contribution in [0.1, 0.15) is 11.4 Å². The Morgan fingerprint density at radius 2 is 1.81 bits per heavy atom. The van der Waals surface area contributed by atoms with Crippen LogP contribution in [0.4, 0.5) is 14.5 Å². The van der Waals surface area contributed by atoms with Crippen LogP contribution in [0.5, 0.6) is 0 Å². The maximum atomic E-state index is 12.7. The lowest BCUT2D eigenvalue weighted by Gasteiger charge is -1.92. The summed E-state index contributed by atoms with van der Waals surface area (Å²) in [6.07, 6.45) is 2.10. The van der Waals surface area contributed by atoms with Gasteiger partial charge in [-0.25, -0.2) is 8.96 Å². The molecule has 2 heterocycles. The van der Waals surface area contributed by atoms with Crippen LogP contribution >= 0.6 is 0 Å². The highest BCUT2D eigenvalue weighted by Gasteiger charge is 2.21. The Labute approximate surface area is 119 Å². The third-order valence-electron chi connectivity index (χ3n) is 2.74. The first kappa shape index (κ1) is 16.4. The highest BCUT2D eigenvalue weighted by Crippen LogP contribution is 2.14. The maximum absolute atomic E-state index is 12.7. The van der Waals surface area contributed by atoms with Crippen molar-refractivity contribution >= 4 is 5.69 Å². The van der Waals surface area contributed by atoms with E-state index in [1.54, 1.807) is 10.6 Å². The standard InChI is InChI=1S/C7H9FN.C6H6FN2O3/c1-6-3-4-7(8)5-9(6)2;1-4-2-6(9(11)12)5(7)3-8(4)10/h3-5H,1-2H3;2-3,10H,1H3/q2*+1. The Balaban J connectivity index is 0.000000219. The number of pyridine rings is 2. The van der Waals surface area contributed by atoms with Crippen molar-refractivity contribution in [3.05, 3.63) is 63.7 Å². The summed E-state index contributed by atoms with van der Waals surface area (Å²) in [5.41, 5.74) is 0.609. The number of halogens is 2. The lowest BCUT2D eigenvalue weighted by molar-refractivity contribution is -0.909. The third-order valence-corrected chi connectivity index (χ3v) is 2.74. The monoisotopic (exact) mass is 299 g/mol. The highest BCUT2D eigenvalue weighted by molar-refractivity contribution is 5.28. The van der Waals surface area contributed by atoms with E-state index in [1.807, 2.05) is 14.0 Å². The van der Waals surface area contributed by atoms with Crippen LogP contribution < -0.4 is 9.30 Å². The molecule has 2 aromatic heterocycles. The molecule has 0 radical (unpaired) electrons. The molecule has 6 nitrogen and oxygen atoms in total. The molecule has 0 saturated heterocycles. The second-order valence-electron chi connectivity index (χ2n) is 4.35.